The minimum absolute atomic E-state index is 0.235. The van der Waals surface area contributed by atoms with Gasteiger partial charge in [0, 0.05) is 12.1 Å². The van der Waals surface area contributed by atoms with Gasteiger partial charge < -0.3 is 11.1 Å². The zero-order valence-corrected chi connectivity index (χ0v) is 10.1. The summed E-state index contributed by atoms with van der Waals surface area (Å²) >= 11 is 0. The van der Waals surface area contributed by atoms with E-state index in [4.69, 9.17) is 5.73 Å². The summed E-state index contributed by atoms with van der Waals surface area (Å²) in [5.74, 6) is 1.85. The van der Waals surface area contributed by atoms with Crippen LogP contribution in [-0.2, 0) is 0 Å². The third-order valence-corrected chi connectivity index (χ3v) is 4.46. The zero-order chi connectivity index (χ0) is 10.7. The van der Waals surface area contributed by atoms with Crippen LogP contribution < -0.4 is 11.1 Å². The molecule has 1 unspecified atom stereocenters. The summed E-state index contributed by atoms with van der Waals surface area (Å²) in [6, 6.07) is 0. The Bertz CT molecular complexity index is 195. The smallest absolute Gasteiger partial charge is 0.0303 e. The Kier molecular flexibility index (Phi) is 3.68. The summed E-state index contributed by atoms with van der Waals surface area (Å²) in [6.45, 7) is 4.27. The van der Waals surface area contributed by atoms with E-state index in [0.29, 0.717) is 0 Å². The second-order valence-corrected chi connectivity index (χ2v) is 5.76. The standard InChI is InChI=1S/C13H26N2/c1-13(10-14,12-6-7-12)15-9-8-11-4-2-3-5-11/h11-12,15H,2-10,14H2,1H3. The third-order valence-electron chi connectivity index (χ3n) is 4.46. The summed E-state index contributed by atoms with van der Waals surface area (Å²) in [4.78, 5) is 0. The minimum atomic E-state index is 0.235. The molecule has 88 valence electrons. The normalized spacial score (nSPS) is 26.8. The average Bonchev–Trinajstić information content (AvgIpc) is 2.98. The quantitative estimate of drug-likeness (QED) is 0.706. The molecule has 2 fully saturated rings. The summed E-state index contributed by atoms with van der Waals surface area (Å²) in [7, 11) is 0. The number of hydrogen-bond acceptors (Lipinski definition) is 2. The van der Waals surface area contributed by atoms with Crippen LogP contribution in [0.4, 0.5) is 0 Å². The molecule has 0 bridgehead atoms. The van der Waals surface area contributed by atoms with Crippen molar-refractivity contribution in [3.63, 3.8) is 0 Å². The molecule has 0 aromatic rings. The molecular weight excluding hydrogens is 184 g/mol. The van der Waals surface area contributed by atoms with Gasteiger partial charge in [0.2, 0.25) is 0 Å². The van der Waals surface area contributed by atoms with Crippen LogP contribution in [-0.4, -0.2) is 18.6 Å². The highest BCUT2D eigenvalue weighted by atomic mass is 15.0. The monoisotopic (exact) mass is 210 g/mol. The number of nitrogens with two attached hydrogens (primary N) is 1. The second-order valence-electron chi connectivity index (χ2n) is 5.76. The summed E-state index contributed by atoms with van der Waals surface area (Å²) in [5, 5.41) is 3.71. The van der Waals surface area contributed by atoms with Crippen molar-refractivity contribution in [2.75, 3.05) is 13.1 Å². The predicted molar refractivity (Wildman–Crippen MR) is 64.8 cm³/mol. The van der Waals surface area contributed by atoms with Crippen LogP contribution in [0.25, 0.3) is 0 Å². The molecule has 0 aromatic carbocycles. The van der Waals surface area contributed by atoms with Crippen LogP contribution in [0.3, 0.4) is 0 Å². The molecule has 2 nitrogen and oxygen atoms in total. The predicted octanol–water partition coefficient (Wildman–Crippen LogP) is 2.28. The van der Waals surface area contributed by atoms with E-state index in [2.05, 4.69) is 12.2 Å². The lowest BCUT2D eigenvalue weighted by molar-refractivity contribution is 0.306. The highest BCUT2D eigenvalue weighted by molar-refractivity contribution is 4.98. The van der Waals surface area contributed by atoms with Gasteiger partial charge in [0.1, 0.15) is 0 Å². The Labute approximate surface area is 94.0 Å². The molecule has 0 radical (unpaired) electrons. The van der Waals surface area contributed by atoms with Gasteiger partial charge in [0.25, 0.3) is 0 Å². The number of rotatable bonds is 6. The van der Waals surface area contributed by atoms with Crippen LogP contribution in [0.5, 0.6) is 0 Å². The van der Waals surface area contributed by atoms with Crippen molar-refractivity contribution in [3.05, 3.63) is 0 Å². The summed E-state index contributed by atoms with van der Waals surface area (Å²) < 4.78 is 0. The van der Waals surface area contributed by atoms with Gasteiger partial charge in [-0.25, -0.2) is 0 Å². The van der Waals surface area contributed by atoms with E-state index in [-0.39, 0.29) is 5.54 Å². The van der Waals surface area contributed by atoms with E-state index < -0.39 is 0 Å². The highest BCUT2D eigenvalue weighted by Gasteiger charge is 2.39. The van der Waals surface area contributed by atoms with Gasteiger partial charge >= 0.3 is 0 Å². The van der Waals surface area contributed by atoms with E-state index in [1.807, 2.05) is 0 Å². The fourth-order valence-electron chi connectivity index (χ4n) is 2.96. The molecule has 1 atom stereocenters. The van der Waals surface area contributed by atoms with E-state index in [1.165, 1.54) is 51.5 Å². The Morgan fingerprint density at radius 3 is 2.40 bits per heavy atom. The Morgan fingerprint density at radius 1 is 1.20 bits per heavy atom. The molecule has 2 aliphatic rings. The first-order valence-electron chi connectivity index (χ1n) is 6.70. The maximum atomic E-state index is 5.88. The van der Waals surface area contributed by atoms with E-state index >= 15 is 0 Å². The first kappa shape index (κ1) is 11.4. The molecule has 0 amide bonds. The molecule has 3 N–H and O–H groups in total. The molecule has 2 rings (SSSR count). The SMILES string of the molecule is CC(CN)(NCCC1CCCC1)C1CC1. The Hall–Kier alpha value is -0.0800. The van der Waals surface area contributed by atoms with Crippen molar-refractivity contribution >= 4 is 0 Å². The lowest BCUT2D eigenvalue weighted by Gasteiger charge is -2.30. The van der Waals surface area contributed by atoms with Gasteiger partial charge in [-0.2, -0.15) is 0 Å². The third kappa shape index (κ3) is 2.94. The van der Waals surface area contributed by atoms with Gasteiger partial charge in [-0.1, -0.05) is 25.7 Å². The maximum absolute atomic E-state index is 5.88. The lowest BCUT2D eigenvalue weighted by Crippen LogP contribution is -2.51. The van der Waals surface area contributed by atoms with E-state index in [1.54, 1.807) is 0 Å². The van der Waals surface area contributed by atoms with Gasteiger partial charge in [-0.3, -0.25) is 0 Å². The average molecular weight is 210 g/mol. The van der Waals surface area contributed by atoms with Gasteiger partial charge in [-0.15, -0.1) is 0 Å². The highest BCUT2D eigenvalue weighted by Crippen LogP contribution is 2.39. The zero-order valence-electron chi connectivity index (χ0n) is 10.1. The lowest BCUT2D eigenvalue weighted by atomic mass is 9.95. The van der Waals surface area contributed by atoms with E-state index in [9.17, 15) is 0 Å². The molecule has 0 aliphatic heterocycles. The maximum Gasteiger partial charge on any atom is 0.0303 e. The fourth-order valence-corrected chi connectivity index (χ4v) is 2.96. The summed E-state index contributed by atoms with van der Waals surface area (Å²) in [6.07, 6.45) is 9.97. The van der Waals surface area contributed by atoms with Crippen LogP contribution in [0.1, 0.15) is 51.9 Å². The van der Waals surface area contributed by atoms with Gasteiger partial charge in [-0.05, 0) is 44.6 Å². The Balaban J connectivity index is 1.66. The van der Waals surface area contributed by atoms with Crippen molar-refractivity contribution in [3.8, 4) is 0 Å². The first-order valence-corrected chi connectivity index (χ1v) is 6.70. The molecule has 0 spiro atoms. The molecule has 2 heteroatoms. The largest absolute Gasteiger partial charge is 0.329 e. The van der Waals surface area contributed by atoms with Crippen LogP contribution in [0.15, 0.2) is 0 Å². The molecular formula is C13H26N2. The molecule has 2 saturated carbocycles. The topological polar surface area (TPSA) is 38.0 Å². The molecule has 2 aliphatic carbocycles. The second kappa shape index (κ2) is 4.84. The fraction of sp³-hybridized carbons (Fsp3) is 1.00. The first-order chi connectivity index (χ1) is 7.24. The van der Waals surface area contributed by atoms with Crippen molar-refractivity contribution in [1.82, 2.24) is 5.32 Å². The number of hydrogen-bond donors (Lipinski definition) is 2. The van der Waals surface area contributed by atoms with Crippen LogP contribution in [0.2, 0.25) is 0 Å². The van der Waals surface area contributed by atoms with Crippen molar-refractivity contribution in [2.45, 2.75) is 57.4 Å². The molecule has 15 heavy (non-hydrogen) atoms. The summed E-state index contributed by atoms with van der Waals surface area (Å²) in [5.41, 5.74) is 6.11. The number of nitrogens with one attached hydrogen (secondary N) is 1. The van der Waals surface area contributed by atoms with Crippen molar-refractivity contribution in [2.24, 2.45) is 17.6 Å². The van der Waals surface area contributed by atoms with Crippen molar-refractivity contribution in [1.29, 1.82) is 0 Å². The van der Waals surface area contributed by atoms with Crippen molar-refractivity contribution < 1.29 is 0 Å². The van der Waals surface area contributed by atoms with Gasteiger partial charge in [0.05, 0.1) is 0 Å². The molecule has 0 aromatic heterocycles. The van der Waals surface area contributed by atoms with Crippen LogP contribution >= 0.6 is 0 Å². The Morgan fingerprint density at radius 2 is 1.87 bits per heavy atom. The van der Waals surface area contributed by atoms with E-state index in [0.717, 1.165) is 18.4 Å². The molecule has 0 saturated heterocycles. The minimum Gasteiger partial charge on any atom is -0.329 e. The van der Waals surface area contributed by atoms with Gasteiger partial charge in [0.15, 0.2) is 0 Å². The molecule has 0 heterocycles. The van der Waals surface area contributed by atoms with Crippen LogP contribution in [0, 0.1) is 11.8 Å².